The number of carbonyl (C=O) groups excluding carboxylic acids is 1. The third-order valence-corrected chi connectivity index (χ3v) is 9.65. The monoisotopic (exact) mass is 598 g/mol. The molecule has 0 aromatic heterocycles. The smallest absolute Gasteiger partial charge is 0.407 e. The van der Waals surface area contributed by atoms with Gasteiger partial charge in [-0.2, -0.15) is 0 Å². The summed E-state index contributed by atoms with van der Waals surface area (Å²) >= 11 is 0. The fourth-order valence-electron chi connectivity index (χ4n) is 7.52. The maximum Gasteiger partial charge on any atom is 0.407 e. The number of piperidine rings is 1. The lowest BCUT2D eigenvalue weighted by Gasteiger charge is -2.53. The van der Waals surface area contributed by atoms with E-state index in [2.05, 4.69) is 15.1 Å². The Hall–Kier alpha value is -3.29. The zero-order chi connectivity index (χ0) is 30.5. The van der Waals surface area contributed by atoms with Crippen LogP contribution in [0.3, 0.4) is 0 Å². The van der Waals surface area contributed by atoms with E-state index in [1.54, 1.807) is 29.2 Å². The van der Waals surface area contributed by atoms with Crippen LogP contribution in [0.15, 0.2) is 48.5 Å². The number of halogens is 3. The van der Waals surface area contributed by atoms with Gasteiger partial charge in [-0.3, -0.25) is 4.90 Å². The van der Waals surface area contributed by atoms with Crippen molar-refractivity contribution in [3.63, 3.8) is 0 Å². The third-order valence-electron chi connectivity index (χ3n) is 9.65. The van der Waals surface area contributed by atoms with E-state index in [9.17, 15) is 9.18 Å². The molecular weight excluding hydrogens is 557 g/mol. The number of alkyl halides is 2. The van der Waals surface area contributed by atoms with Crippen molar-refractivity contribution in [2.24, 2.45) is 11.8 Å². The molecule has 1 amide bonds. The molecule has 1 N–H and O–H groups in total. The van der Waals surface area contributed by atoms with Crippen LogP contribution >= 0.6 is 0 Å². The molecule has 0 unspecified atom stereocenters. The Bertz CT molecular complexity index is 1270. The van der Waals surface area contributed by atoms with Crippen LogP contribution in [-0.2, 0) is 10.2 Å². The number of rotatable bonds is 11. The maximum atomic E-state index is 15.0. The number of ether oxygens (including phenoxy) is 2. The van der Waals surface area contributed by atoms with Gasteiger partial charge in [0.05, 0.1) is 20.2 Å². The number of nitrogens with one attached hydrogen (secondary N) is 1. The van der Waals surface area contributed by atoms with E-state index in [-0.39, 0.29) is 23.7 Å². The van der Waals surface area contributed by atoms with Gasteiger partial charge in [-0.25, -0.2) is 22.8 Å². The van der Waals surface area contributed by atoms with Crippen molar-refractivity contribution in [2.45, 2.75) is 55.9 Å². The zero-order valence-electron chi connectivity index (χ0n) is 24.7. The van der Waals surface area contributed by atoms with Crippen LogP contribution in [0, 0.1) is 24.2 Å². The first-order chi connectivity index (χ1) is 20.7. The topological polar surface area (TPSA) is 58.4 Å². The standard InChI is InChI=1S/C33H41F3N4O3/c1-37-27-10-12-28(13-11-27)43-23-32(35,36)21-40-18-14-24(15-19-40)33(22-39-16-5-17-39,25-6-3-7-26(34)20-25)29-8-4-9-30(29)38-31(41)42-2/h3,6-7,10-13,20,24,29-30H,4-5,8-9,14-19,21-23H2,2H3,(H,38,41)/t29-,30-,33-/m0/s1. The second-order valence-electron chi connectivity index (χ2n) is 12.3. The van der Waals surface area contributed by atoms with Gasteiger partial charge in [0, 0.05) is 18.0 Å². The minimum atomic E-state index is -3.05. The summed E-state index contributed by atoms with van der Waals surface area (Å²) in [6.07, 6.45) is 4.71. The number of nitrogens with zero attached hydrogens (tertiary/aromatic N) is 3. The largest absolute Gasteiger partial charge is 0.487 e. The first kappa shape index (κ1) is 31.1. The van der Waals surface area contributed by atoms with Crippen molar-refractivity contribution < 1.29 is 27.4 Å². The van der Waals surface area contributed by atoms with Gasteiger partial charge in [0.1, 0.15) is 11.6 Å². The lowest BCUT2D eigenvalue weighted by atomic mass is 9.57. The number of amides is 1. The van der Waals surface area contributed by atoms with Gasteiger partial charge in [-0.05, 0) is 99.9 Å². The molecule has 3 atom stereocenters. The molecule has 10 heteroatoms. The average Bonchev–Trinajstić information content (AvgIpc) is 3.44. The van der Waals surface area contributed by atoms with Crippen LogP contribution in [0.1, 0.15) is 44.1 Å². The third kappa shape index (κ3) is 7.27. The average molecular weight is 599 g/mol. The van der Waals surface area contributed by atoms with E-state index in [1.807, 2.05) is 6.07 Å². The van der Waals surface area contributed by atoms with E-state index in [4.69, 9.17) is 16.0 Å². The van der Waals surface area contributed by atoms with Crippen molar-refractivity contribution in [2.75, 3.05) is 53.0 Å². The Labute approximate surface area is 252 Å². The van der Waals surface area contributed by atoms with E-state index in [0.29, 0.717) is 37.4 Å². The molecule has 2 heterocycles. The lowest BCUT2D eigenvalue weighted by Crippen LogP contribution is -2.59. The molecule has 5 rings (SSSR count). The van der Waals surface area contributed by atoms with Crippen LogP contribution in [0.5, 0.6) is 5.75 Å². The highest BCUT2D eigenvalue weighted by Gasteiger charge is 2.53. The number of likely N-dealkylation sites (tertiary alicyclic amines) is 2. The van der Waals surface area contributed by atoms with Crippen LogP contribution in [-0.4, -0.2) is 80.8 Å². The van der Waals surface area contributed by atoms with Gasteiger partial charge in [0.15, 0.2) is 12.3 Å². The molecule has 2 saturated heterocycles. The van der Waals surface area contributed by atoms with Crippen LogP contribution in [0.2, 0.25) is 0 Å². The summed E-state index contributed by atoms with van der Waals surface area (Å²) in [4.78, 5) is 19.9. The predicted molar refractivity (Wildman–Crippen MR) is 158 cm³/mol. The number of carbonyl (C=O) groups is 1. The number of methoxy groups -OCH3 is 1. The van der Waals surface area contributed by atoms with Crippen LogP contribution < -0.4 is 10.1 Å². The lowest BCUT2D eigenvalue weighted by molar-refractivity contribution is -0.0741. The Balaban J connectivity index is 1.33. The van der Waals surface area contributed by atoms with Crippen molar-refractivity contribution in [3.05, 3.63) is 71.3 Å². The molecule has 0 radical (unpaired) electrons. The van der Waals surface area contributed by atoms with E-state index in [1.165, 1.54) is 25.3 Å². The Morgan fingerprint density at radius 1 is 1.00 bits per heavy atom. The molecular formula is C33H41F3N4O3. The summed E-state index contributed by atoms with van der Waals surface area (Å²) in [5.74, 6) is -2.84. The quantitative estimate of drug-likeness (QED) is 0.309. The molecule has 2 aromatic rings. The number of benzene rings is 2. The van der Waals surface area contributed by atoms with Gasteiger partial charge in [-0.1, -0.05) is 30.7 Å². The van der Waals surface area contributed by atoms with Crippen molar-refractivity contribution in [3.8, 4) is 5.75 Å². The van der Waals surface area contributed by atoms with E-state index < -0.39 is 30.6 Å². The second-order valence-corrected chi connectivity index (χ2v) is 12.3. The first-order valence-electron chi connectivity index (χ1n) is 15.3. The Morgan fingerprint density at radius 3 is 2.35 bits per heavy atom. The summed E-state index contributed by atoms with van der Waals surface area (Å²) in [5, 5.41) is 3.08. The molecule has 2 aliphatic heterocycles. The molecule has 2 aromatic carbocycles. The summed E-state index contributed by atoms with van der Waals surface area (Å²) in [5.41, 5.74) is 0.916. The zero-order valence-corrected chi connectivity index (χ0v) is 24.7. The number of hydrogen-bond donors (Lipinski definition) is 1. The summed E-state index contributed by atoms with van der Waals surface area (Å²) in [6.45, 7) is 9.58. The van der Waals surface area contributed by atoms with Crippen LogP contribution in [0.4, 0.5) is 23.7 Å². The van der Waals surface area contributed by atoms with Gasteiger partial charge < -0.3 is 19.7 Å². The Morgan fingerprint density at radius 2 is 1.72 bits per heavy atom. The first-order valence-corrected chi connectivity index (χ1v) is 15.3. The van der Waals surface area contributed by atoms with Crippen molar-refractivity contribution in [1.82, 2.24) is 15.1 Å². The number of hydrogen-bond acceptors (Lipinski definition) is 5. The summed E-state index contributed by atoms with van der Waals surface area (Å²) in [7, 11) is 1.36. The maximum absolute atomic E-state index is 15.0. The summed E-state index contributed by atoms with van der Waals surface area (Å²) < 4.78 is 55.2. The van der Waals surface area contributed by atoms with Crippen molar-refractivity contribution >= 4 is 11.8 Å². The van der Waals surface area contributed by atoms with Gasteiger partial charge in [-0.15, -0.1) is 0 Å². The van der Waals surface area contributed by atoms with Crippen LogP contribution in [0.25, 0.3) is 4.85 Å². The van der Waals surface area contributed by atoms with Gasteiger partial charge >= 0.3 is 6.09 Å². The van der Waals surface area contributed by atoms with Gasteiger partial charge in [0.25, 0.3) is 5.92 Å². The second kappa shape index (κ2) is 13.6. The predicted octanol–water partition coefficient (Wildman–Crippen LogP) is 6.27. The fourth-order valence-corrected chi connectivity index (χ4v) is 7.52. The minimum Gasteiger partial charge on any atom is -0.487 e. The fraction of sp³-hybridized carbons (Fsp3) is 0.576. The highest BCUT2D eigenvalue weighted by atomic mass is 19.3. The highest BCUT2D eigenvalue weighted by Crippen LogP contribution is 2.51. The summed E-state index contributed by atoms with van der Waals surface area (Å²) in [6, 6.07) is 12.9. The molecule has 7 nitrogen and oxygen atoms in total. The SMILES string of the molecule is [C-]#[N+]c1ccc(OCC(F)(F)CN2CCC([C@@](CN3CCC3)(c3cccc(F)c3)[C@H]3CCC[C@@H]3NC(=O)OC)CC2)cc1. The normalized spacial score (nSPS) is 23.1. The minimum absolute atomic E-state index is 0.0645. The molecule has 3 fully saturated rings. The molecule has 1 saturated carbocycles. The molecule has 0 bridgehead atoms. The van der Waals surface area contributed by atoms with Crippen molar-refractivity contribution in [1.29, 1.82) is 0 Å². The number of alkyl carbamates (subject to hydrolysis) is 1. The van der Waals surface area contributed by atoms with Gasteiger partial charge in [0.2, 0.25) is 0 Å². The van der Waals surface area contributed by atoms with E-state index in [0.717, 1.165) is 50.9 Å². The highest BCUT2D eigenvalue weighted by molar-refractivity contribution is 5.67. The molecule has 43 heavy (non-hydrogen) atoms. The molecule has 3 aliphatic rings. The molecule has 0 spiro atoms. The molecule has 232 valence electrons. The Kier molecular flexibility index (Phi) is 9.82. The molecule has 1 aliphatic carbocycles. The van der Waals surface area contributed by atoms with E-state index >= 15 is 8.78 Å².